The van der Waals surface area contributed by atoms with Gasteiger partial charge in [-0.3, -0.25) is 4.79 Å². The van der Waals surface area contributed by atoms with Crippen molar-refractivity contribution in [2.45, 2.75) is 32.5 Å². The molecule has 0 fully saturated rings. The molecule has 26 heavy (non-hydrogen) atoms. The van der Waals surface area contributed by atoms with E-state index in [4.69, 9.17) is 4.42 Å². The summed E-state index contributed by atoms with van der Waals surface area (Å²) in [5.74, 6) is 1.84. The lowest BCUT2D eigenvalue weighted by Crippen LogP contribution is -2.27. The van der Waals surface area contributed by atoms with Crippen LogP contribution in [-0.4, -0.2) is 43.8 Å². The fourth-order valence-electron chi connectivity index (χ4n) is 2.59. The molecule has 2 aromatic heterocycles. The van der Waals surface area contributed by atoms with Crippen molar-refractivity contribution in [3.05, 3.63) is 53.0 Å². The molecule has 2 heterocycles. The average Bonchev–Trinajstić information content (AvgIpc) is 3.21. The normalized spacial score (nSPS) is 10.9. The van der Waals surface area contributed by atoms with Gasteiger partial charge in [0.1, 0.15) is 11.5 Å². The summed E-state index contributed by atoms with van der Waals surface area (Å²) in [5, 5.41) is 12.5. The number of tetrazole rings is 1. The van der Waals surface area contributed by atoms with E-state index >= 15 is 0 Å². The Morgan fingerprint density at radius 2 is 2.04 bits per heavy atom. The van der Waals surface area contributed by atoms with Crippen LogP contribution in [0.4, 0.5) is 0 Å². The Hall–Kier alpha value is -2.61. The zero-order valence-electron chi connectivity index (χ0n) is 15.3. The van der Waals surface area contributed by atoms with Gasteiger partial charge in [0, 0.05) is 7.05 Å². The molecule has 1 amide bonds. The van der Waals surface area contributed by atoms with Gasteiger partial charge >= 0.3 is 0 Å². The van der Waals surface area contributed by atoms with Gasteiger partial charge in [-0.15, -0.1) is 5.10 Å². The van der Waals surface area contributed by atoms with Crippen molar-refractivity contribution < 1.29 is 9.21 Å². The smallest absolute Gasteiger partial charge is 0.233 e. The van der Waals surface area contributed by atoms with E-state index in [2.05, 4.69) is 21.6 Å². The highest BCUT2D eigenvalue weighted by Crippen LogP contribution is 2.22. The van der Waals surface area contributed by atoms with E-state index in [1.807, 2.05) is 45.0 Å². The third-order valence-electron chi connectivity index (χ3n) is 3.96. The van der Waals surface area contributed by atoms with Crippen LogP contribution in [0, 0.1) is 20.8 Å². The molecular weight excluding hydrogens is 350 g/mol. The van der Waals surface area contributed by atoms with Gasteiger partial charge in [0.2, 0.25) is 11.1 Å². The molecule has 0 radical (unpaired) electrons. The van der Waals surface area contributed by atoms with Crippen LogP contribution in [0.15, 0.2) is 39.9 Å². The average molecular weight is 371 g/mol. The molecule has 0 aliphatic carbocycles. The summed E-state index contributed by atoms with van der Waals surface area (Å²) in [7, 11) is 1.76. The first-order chi connectivity index (χ1) is 12.4. The van der Waals surface area contributed by atoms with Gasteiger partial charge in [0.25, 0.3) is 0 Å². The number of aromatic nitrogens is 4. The lowest BCUT2D eigenvalue weighted by Gasteiger charge is -2.15. The number of carbonyl (C=O) groups excluding carboxylic acids is 1. The fraction of sp³-hybridized carbons (Fsp3) is 0.333. The summed E-state index contributed by atoms with van der Waals surface area (Å²) in [6.45, 7) is 6.38. The van der Waals surface area contributed by atoms with E-state index in [-0.39, 0.29) is 11.7 Å². The first-order valence-electron chi connectivity index (χ1n) is 8.22. The molecule has 0 spiro atoms. The van der Waals surface area contributed by atoms with Gasteiger partial charge in [-0.1, -0.05) is 29.5 Å². The second-order valence-corrected chi connectivity index (χ2v) is 7.16. The van der Waals surface area contributed by atoms with Crippen LogP contribution in [-0.2, 0) is 11.3 Å². The van der Waals surface area contributed by atoms with Gasteiger partial charge < -0.3 is 9.32 Å². The number of amides is 1. The van der Waals surface area contributed by atoms with Crippen LogP contribution < -0.4 is 0 Å². The van der Waals surface area contributed by atoms with Gasteiger partial charge in [-0.2, -0.15) is 4.68 Å². The molecule has 1 aromatic carbocycles. The van der Waals surface area contributed by atoms with Gasteiger partial charge in [0.15, 0.2) is 0 Å². The summed E-state index contributed by atoms with van der Waals surface area (Å²) < 4.78 is 7.19. The highest BCUT2D eigenvalue weighted by molar-refractivity contribution is 7.99. The molecule has 136 valence electrons. The van der Waals surface area contributed by atoms with E-state index in [0.717, 1.165) is 22.8 Å². The molecule has 7 nitrogen and oxygen atoms in total. The van der Waals surface area contributed by atoms with Gasteiger partial charge in [0.05, 0.1) is 18.0 Å². The molecule has 0 bridgehead atoms. The van der Waals surface area contributed by atoms with E-state index in [0.29, 0.717) is 11.7 Å². The minimum Gasteiger partial charge on any atom is -0.464 e. The molecular formula is C18H21N5O2S. The van der Waals surface area contributed by atoms with E-state index in [9.17, 15) is 4.79 Å². The van der Waals surface area contributed by atoms with Crippen LogP contribution in [0.1, 0.15) is 22.6 Å². The Kier molecular flexibility index (Phi) is 5.41. The number of rotatable bonds is 6. The molecule has 0 unspecified atom stereocenters. The van der Waals surface area contributed by atoms with Crippen LogP contribution in [0.2, 0.25) is 0 Å². The second kappa shape index (κ2) is 7.74. The number of hydrogen-bond donors (Lipinski definition) is 0. The third kappa shape index (κ3) is 4.13. The van der Waals surface area contributed by atoms with Crippen molar-refractivity contribution in [2.24, 2.45) is 0 Å². The number of thioether (sulfide) groups is 1. The molecule has 0 aliphatic heterocycles. The van der Waals surface area contributed by atoms with Crippen molar-refractivity contribution in [3.63, 3.8) is 0 Å². The Bertz CT molecular complexity index is 918. The van der Waals surface area contributed by atoms with E-state index in [1.165, 1.54) is 17.3 Å². The molecule has 8 heteroatoms. The van der Waals surface area contributed by atoms with Gasteiger partial charge in [-0.05, 0) is 55.0 Å². The topological polar surface area (TPSA) is 77.1 Å². The minimum atomic E-state index is -0.0146. The van der Waals surface area contributed by atoms with Crippen molar-refractivity contribution in [1.29, 1.82) is 0 Å². The summed E-state index contributed by atoms with van der Waals surface area (Å²) >= 11 is 1.32. The Morgan fingerprint density at radius 1 is 1.23 bits per heavy atom. The standard InChI is InChI=1S/C18H21N5O2S/c1-12-5-8-16(13(2)9-12)23-18(19-20-21-23)26-11-17(24)22(4)10-15-7-6-14(3)25-15/h5-9H,10-11H2,1-4H3. The zero-order chi connectivity index (χ0) is 18.7. The Morgan fingerprint density at radius 3 is 2.73 bits per heavy atom. The maximum atomic E-state index is 12.4. The van der Waals surface area contributed by atoms with Crippen molar-refractivity contribution in [3.8, 4) is 5.69 Å². The summed E-state index contributed by atoms with van der Waals surface area (Å²) in [6.07, 6.45) is 0. The van der Waals surface area contributed by atoms with Gasteiger partial charge in [-0.25, -0.2) is 0 Å². The largest absolute Gasteiger partial charge is 0.464 e. The van der Waals surface area contributed by atoms with Crippen molar-refractivity contribution in [1.82, 2.24) is 25.1 Å². The van der Waals surface area contributed by atoms with Crippen molar-refractivity contribution in [2.75, 3.05) is 12.8 Å². The number of benzene rings is 1. The number of furan rings is 1. The SMILES string of the molecule is Cc1ccc(-n2nnnc2SCC(=O)N(C)Cc2ccc(C)o2)c(C)c1. The minimum absolute atomic E-state index is 0.0146. The van der Waals surface area contributed by atoms with Crippen LogP contribution in [0.25, 0.3) is 5.69 Å². The van der Waals surface area contributed by atoms with Crippen LogP contribution >= 0.6 is 11.8 Å². The van der Waals surface area contributed by atoms with E-state index in [1.54, 1.807) is 16.6 Å². The maximum Gasteiger partial charge on any atom is 0.233 e. The van der Waals surface area contributed by atoms with Crippen LogP contribution in [0.5, 0.6) is 0 Å². The Balaban J connectivity index is 1.65. The lowest BCUT2D eigenvalue weighted by atomic mass is 10.1. The first-order valence-corrected chi connectivity index (χ1v) is 9.20. The van der Waals surface area contributed by atoms with Crippen molar-refractivity contribution >= 4 is 17.7 Å². The molecule has 3 rings (SSSR count). The number of carbonyl (C=O) groups is 1. The predicted octanol–water partition coefficient (Wildman–Crippen LogP) is 2.93. The number of aryl methyl sites for hydroxylation is 3. The summed E-state index contributed by atoms with van der Waals surface area (Å²) in [5.41, 5.74) is 3.17. The molecule has 0 aliphatic rings. The monoisotopic (exact) mass is 371 g/mol. The molecule has 0 atom stereocenters. The quantitative estimate of drug-likeness (QED) is 0.620. The summed E-state index contributed by atoms with van der Waals surface area (Å²) in [6, 6.07) is 9.85. The fourth-order valence-corrected chi connectivity index (χ4v) is 3.42. The summed E-state index contributed by atoms with van der Waals surface area (Å²) in [4.78, 5) is 14.0. The van der Waals surface area contributed by atoms with E-state index < -0.39 is 0 Å². The highest BCUT2D eigenvalue weighted by atomic mass is 32.2. The lowest BCUT2D eigenvalue weighted by molar-refractivity contribution is -0.127. The van der Waals surface area contributed by atoms with Crippen LogP contribution in [0.3, 0.4) is 0 Å². The first kappa shape index (κ1) is 18.2. The maximum absolute atomic E-state index is 12.4. The molecule has 0 saturated heterocycles. The Labute approximate surface area is 156 Å². The second-order valence-electron chi connectivity index (χ2n) is 6.21. The number of nitrogens with zero attached hydrogens (tertiary/aromatic N) is 5. The number of hydrogen-bond acceptors (Lipinski definition) is 6. The molecule has 0 N–H and O–H groups in total. The zero-order valence-corrected chi connectivity index (χ0v) is 16.1. The third-order valence-corrected chi connectivity index (χ3v) is 4.86. The molecule has 0 saturated carbocycles. The molecule has 3 aromatic rings. The predicted molar refractivity (Wildman–Crippen MR) is 99.3 cm³/mol. The highest BCUT2D eigenvalue weighted by Gasteiger charge is 2.16.